The summed E-state index contributed by atoms with van der Waals surface area (Å²) in [6, 6.07) is -0.499. The molecule has 1 aliphatic rings. The number of nitrogens with one attached hydrogen (secondary N) is 1. The molecule has 110 valence electrons. The summed E-state index contributed by atoms with van der Waals surface area (Å²) in [5.74, 6) is 0.106. The zero-order valence-corrected chi connectivity index (χ0v) is 12.4. The molecule has 0 aromatic rings. The molecule has 1 N–H and O–H groups in total. The van der Waals surface area contributed by atoms with Crippen LogP contribution < -0.4 is 5.32 Å². The molecule has 0 heterocycles. The molecule has 19 heavy (non-hydrogen) atoms. The molecule has 1 rings (SSSR count). The second-order valence-corrected chi connectivity index (χ2v) is 5.90. The third-order valence-electron chi connectivity index (χ3n) is 3.74. The Labute approximate surface area is 116 Å². The number of esters is 1. The van der Waals surface area contributed by atoms with Gasteiger partial charge in [0.05, 0.1) is 7.11 Å². The van der Waals surface area contributed by atoms with Crippen molar-refractivity contribution >= 4 is 11.9 Å². The highest BCUT2D eigenvalue weighted by Crippen LogP contribution is 2.23. The molecule has 1 atom stereocenters. The van der Waals surface area contributed by atoms with E-state index in [2.05, 4.69) is 5.32 Å². The normalized spacial score (nSPS) is 18.7. The molecule has 1 unspecified atom stereocenters. The summed E-state index contributed by atoms with van der Waals surface area (Å²) in [7, 11) is 1.37. The second kappa shape index (κ2) is 8.18. The molecule has 0 radical (unpaired) electrons. The molecule has 1 amide bonds. The highest BCUT2D eigenvalue weighted by atomic mass is 16.5. The van der Waals surface area contributed by atoms with Crippen LogP contribution in [0.15, 0.2) is 0 Å². The lowest BCUT2D eigenvalue weighted by Crippen LogP contribution is -2.44. The van der Waals surface area contributed by atoms with Crippen LogP contribution in [0.3, 0.4) is 0 Å². The van der Waals surface area contributed by atoms with Crippen molar-refractivity contribution in [2.24, 2.45) is 11.8 Å². The monoisotopic (exact) mass is 269 g/mol. The molecule has 0 spiro atoms. The Kier molecular flexibility index (Phi) is 6.89. The first-order valence-corrected chi connectivity index (χ1v) is 7.42. The molecule has 4 heteroatoms. The molecule has 1 saturated carbocycles. The summed E-state index contributed by atoms with van der Waals surface area (Å²) in [4.78, 5) is 23.9. The maximum atomic E-state index is 12.2. The van der Waals surface area contributed by atoms with Crippen LogP contribution in [0, 0.1) is 11.8 Å². The van der Waals surface area contributed by atoms with Crippen LogP contribution in [0.5, 0.6) is 0 Å². The first-order valence-electron chi connectivity index (χ1n) is 7.42. The van der Waals surface area contributed by atoms with E-state index < -0.39 is 6.04 Å². The molecule has 1 aliphatic carbocycles. The van der Waals surface area contributed by atoms with E-state index >= 15 is 0 Å². The summed E-state index contributed by atoms with van der Waals surface area (Å²) >= 11 is 0. The van der Waals surface area contributed by atoms with Gasteiger partial charge in [-0.15, -0.1) is 0 Å². The van der Waals surface area contributed by atoms with Crippen molar-refractivity contribution < 1.29 is 14.3 Å². The predicted octanol–water partition coefficient (Wildman–Crippen LogP) is 2.66. The smallest absolute Gasteiger partial charge is 0.328 e. The molecule has 0 aromatic carbocycles. The topological polar surface area (TPSA) is 55.4 Å². The first-order chi connectivity index (χ1) is 9.04. The number of methoxy groups -OCH3 is 1. The maximum Gasteiger partial charge on any atom is 0.328 e. The van der Waals surface area contributed by atoms with E-state index in [1.54, 1.807) is 0 Å². The summed E-state index contributed by atoms with van der Waals surface area (Å²) in [5.41, 5.74) is 0. The van der Waals surface area contributed by atoms with Crippen LogP contribution in [0.2, 0.25) is 0 Å². The lowest BCUT2D eigenvalue weighted by atomic mass is 9.97. The third kappa shape index (κ3) is 5.62. The quantitative estimate of drug-likeness (QED) is 0.616. The van der Waals surface area contributed by atoms with E-state index in [9.17, 15) is 9.59 Å². The van der Waals surface area contributed by atoms with Gasteiger partial charge >= 0.3 is 5.97 Å². The van der Waals surface area contributed by atoms with E-state index in [0.29, 0.717) is 12.3 Å². The Morgan fingerprint density at radius 2 is 1.74 bits per heavy atom. The van der Waals surface area contributed by atoms with Gasteiger partial charge in [-0.2, -0.15) is 0 Å². The van der Waals surface area contributed by atoms with Crippen molar-refractivity contribution in [1.29, 1.82) is 0 Å². The Hall–Kier alpha value is -1.06. The average Bonchev–Trinajstić information content (AvgIpc) is 2.65. The zero-order valence-electron chi connectivity index (χ0n) is 12.4. The molecule has 0 bridgehead atoms. The van der Waals surface area contributed by atoms with Gasteiger partial charge in [0.1, 0.15) is 6.04 Å². The van der Waals surface area contributed by atoms with Gasteiger partial charge in [0.2, 0.25) is 5.91 Å². The largest absolute Gasteiger partial charge is 0.467 e. The molecule has 4 nitrogen and oxygen atoms in total. The van der Waals surface area contributed by atoms with Crippen LogP contribution in [-0.2, 0) is 14.3 Å². The molecule has 1 fully saturated rings. The van der Waals surface area contributed by atoms with E-state index in [-0.39, 0.29) is 17.8 Å². The van der Waals surface area contributed by atoms with Crippen LogP contribution >= 0.6 is 0 Å². The van der Waals surface area contributed by atoms with Gasteiger partial charge in [-0.05, 0) is 25.2 Å². The second-order valence-electron chi connectivity index (χ2n) is 5.90. The van der Waals surface area contributed by atoms with Gasteiger partial charge in [-0.25, -0.2) is 4.79 Å². The standard InChI is InChI=1S/C15H27NO3/c1-11(2)10-13(15(18)19-3)16-14(17)12-8-6-4-5-7-9-12/h11-13H,4-10H2,1-3H3,(H,16,17). The molecule has 0 saturated heterocycles. The Bertz CT molecular complexity index is 294. The zero-order chi connectivity index (χ0) is 14.3. The minimum atomic E-state index is -0.499. The third-order valence-corrected chi connectivity index (χ3v) is 3.74. The van der Waals surface area contributed by atoms with Crippen LogP contribution in [0.4, 0.5) is 0 Å². The molecule has 0 aliphatic heterocycles. The predicted molar refractivity (Wildman–Crippen MR) is 74.6 cm³/mol. The van der Waals surface area contributed by atoms with Gasteiger partial charge in [-0.3, -0.25) is 4.79 Å². The minimum Gasteiger partial charge on any atom is -0.467 e. The van der Waals surface area contributed by atoms with Gasteiger partial charge in [0.25, 0.3) is 0 Å². The molecular formula is C15H27NO3. The van der Waals surface area contributed by atoms with E-state index in [0.717, 1.165) is 25.7 Å². The fraction of sp³-hybridized carbons (Fsp3) is 0.867. The first kappa shape index (κ1) is 16.0. The Balaban J connectivity index is 2.56. The van der Waals surface area contributed by atoms with E-state index in [1.165, 1.54) is 20.0 Å². The number of amides is 1. The summed E-state index contributed by atoms with van der Waals surface area (Å²) < 4.78 is 4.77. The van der Waals surface area contributed by atoms with Gasteiger partial charge in [0, 0.05) is 5.92 Å². The number of hydrogen-bond acceptors (Lipinski definition) is 3. The number of ether oxygens (including phenoxy) is 1. The lowest BCUT2D eigenvalue weighted by molar-refractivity contribution is -0.146. The lowest BCUT2D eigenvalue weighted by Gasteiger charge is -2.21. The number of carbonyl (C=O) groups is 2. The van der Waals surface area contributed by atoms with Gasteiger partial charge in [-0.1, -0.05) is 39.5 Å². The van der Waals surface area contributed by atoms with Gasteiger partial charge < -0.3 is 10.1 Å². The highest BCUT2D eigenvalue weighted by Gasteiger charge is 2.27. The number of carbonyl (C=O) groups excluding carboxylic acids is 2. The number of rotatable bonds is 5. The van der Waals surface area contributed by atoms with E-state index in [4.69, 9.17) is 4.74 Å². The van der Waals surface area contributed by atoms with Crippen molar-refractivity contribution in [2.75, 3.05) is 7.11 Å². The SMILES string of the molecule is COC(=O)C(CC(C)C)NC(=O)C1CCCCCC1. The number of hydrogen-bond donors (Lipinski definition) is 1. The Morgan fingerprint density at radius 1 is 1.16 bits per heavy atom. The molecule has 0 aromatic heterocycles. The van der Waals surface area contributed by atoms with Crippen molar-refractivity contribution in [3.8, 4) is 0 Å². The molecular weight excluding hydrogens is 242 g/mol. The average molecular weight is 269 g/mol. The van der Waals surface area contributed by atoms with Crippen molar-refractivity contribution in [3.05, 3.63) is 0 Å². The van der Waals surface area contributed by atoms with Crippen LogP contribution in [0.1, 0.15) is 58.8 Å². The van der Waals surface area contributed by atoms with Crippen molar-refractivity contribution in [3.63, 3.8) is 0 Å². The van der Waals surface area contributed by atoms with Crippen molar-refractivity contribution in [2.45, 2.75) is 64.8 Å². The van der Waals surface area contributed by atoms with E-state index in [1.807, 2.05) is 13.8 Å². The summed E-state index contributed by atoms with van der Waals surface area (Å²) in [5, 5.41) is 2.88. The van der Waals surface area contributed by atoms with Gasteiger partial charge in [0.15, 0.2) is 0 Å². The fourth-order valence-corrected chi connectivity index (χ4v) is 2.66. The summed E-state index contributed by atoms with van der Waals surface area (Å²) in [6.07, 6.45) is 7.19. The maximum absolute atomic E-state index is 12.2. The minimum absolute atomic E-state index is 0.0259. The fourth-order valence-electron chi connectivity index (χ4n) is 2.66. The van der Waals surface area contributed by atoms with Crippen molar-refractivity contribution in [1.82, 2.24) is 5.32 Å². The summed E-state index contributed by atoms with van der Waals surface area (Å²) in [6.45, 7) is 4.07. The highest BCUT2D eigenvalue weighted by molar-refractivity contribution is 5.85. The Morgan fingerprint density at radius 3 is 2.21 bits per heavy atom. The van der Waals surface area contributed by atoms with Crippen LogP contribution in [0.25, 0.3) is 0 Å². The van der Waals surface area contributed by atoms with Crippen LogP contribution in [-0.4, -0.2) is 25.0 Å².